The molecular formula is C28H29N3O5. The van der Waals surface area contributed by atoms with E-state index in [1.54, 1.807) is 6.07 Å². The molecule has 8 nitrogen and oxygen atoms in total. The number of nitrogens with two attached hydrogens (primary N) is 1. The molecular weight excluding hydrogens is 458 g/mol. The highest BCUT2D eigenvalue weighted by atomic mass is 16.5. The van der Waals surface area contributed by atoms with Crippen LogP contribution in [0.3, 0.4) is 0 Å². The maximum Gasteiger partial charge on any atom is 0.303 e. The van der Waals surface area contributed by atoms with Crippen LogP contribution in [0.2, 0.25) is 0 Å². The van der Waals surface area contributed by atoms with Crippen LogP contribution in [-0.4, -0.2) is 60.1 Å². The van der Waals surface area contributed by atoms with E-state index >= 15 is 0 Å². The molecule has 0 radical (unpaired) electrons. The number of rotatable bonds is 9. The number of morpholine rings is 1. The Balaban J connectivity index is 1.41. The molecule has 1 atom stereocenters. The molecule has 2 aliphatic heterocycles. The molecule has 186 valence electrons. The monoisotopic (exact) mass is 487 g/mol. The summed E-state index contributed by atoms with van der Waals surface area (Å²) in [4.78, 5) is 40.4. The Kier molecular flexibility index (Phi) is 6.71. The second-order valence-electron chi connectivity index (χ2n) is 9.38. The topological polar surface area (TPSA) is 113 Å². The van der Waals surface area contributed by atoms with Gasteiger partial charge in [0, 0.05) is 37.0 Å². The van der Waals surface area contributed by atoms with Crippen LogP contribution in [0.15, 0.2) is 54.6 Å². The van der Waals surface area contributed by atoms with E-state index in [0.717, 1.165) is 49.2 Å². The smallest absolute Gasteiger partial charge is 0.303 e. The minimum atomic E-state index is -1.04. The van der Waals surface area contributed by atoms with Crippen LogP contribution in [0.25, 0.3) is 10.8 Å². The molecule has 2 amide bonds. The number of ether oxygens (including phenoxy) is 1. The molecule has 3 aromatic carbocycles. The van der Waals surface area contributed by atoms with Gasteiger partial charge in [-0.1, -0.05) is 42.5 Å². The lowest BCUT2D eigenvalue weighted by Crippen LogP contribution is -2.46. The highest BCUT2D eigenvalue weighted by molar-refractivity contribution is 6.27. The van der Waals surface area contributed by atoms with E-state index in [9.17, 15) is 14.4 Å². The van der Waals surface area contributed by atoms with Crippen molar-refractivity contribution in [3.05, 3.63) is 76.9 Å². The van der Waals surface area contributed by atoms with Gasteiger partial charge in [0.05, 0.1) is 18.9 Å². The predicted molar refractivity (Wildman–Crippen MR) is 136 cm³/mol. The van der Waals surface area contributed by atoms with Gasteiger partial charge in [-0.05, 0) is 47.1 Å². The third-order valence-electron chi connectivity index (χ3n) is 7.02. The van der Waals surface area contributed by atoms with Gasteiger partial charge in [0.25, 0.3) is 5.91 Å². The van der Waals surface area contributed by atoms with Crippen molar-refractivity contribution < 1.29 is 24.2 Å². The first-order chi connectivity index (χ1) is 17.4. The van der Waals surface area contributed by atoms with Gasteiger partial charge < -0.3 is 15.6 Å². The van der Waals surface area contributed by atoms with Crippen molar-refractivity contribution in [3.8, 4) is 0 Å². The number of carbonyl (C=O) groups excluding carboxylic acids is 2. The summed E-state index contributed by atoms with van der Waals surface area (Å²) >= 11 is 0. The normalized spacial score (nSPS) is 16.4. The fourth-order valence-electron chi connectivity index (χ4n) is 5.19. The molecule has 5 rings (SSSR count). The van der Waals surface area contributed by atoms with E-state index in [1.165, 1.54) is 16.0 Å². The molecule has 1 unspecified atom stereocenters. The molecule has 0 spiro atoms. The zero-order valence-corrected chi connectivity index (χ0v) is 20.0. The molecule has 3 aromatic rings. The van der Waals surface area contributed by atoms with E-state index in [1.807, 2.05) is 24.3 Å². The summed E-state index contributed by atoms with van der Waals surface area (Å²) in [6.45, 7) is 4.37. The number of carbonyl (C=O) groups is 3. The number of hydrogen-bond donors (Lipinski definition) is 2. The van der Waals surface area contributed by atoms with Crippen molar-refractivity contribution in [3.63, 3.8) is 0 Å². The minimum Gasteiger partial charge on any atom is -0.481 e. The lowest BCUT2D eigenvalue weighted by Gasteiger charge is -2.26. The Morgan fingerprint density at radius 1 is 1.00 bits per heavy atom. The summed E-state index contributed by atoms with van der Waals surface area (Å²) in [5.41, 5.74) is 10.2. The molecule has 8 heteroatoms. The fraction of sp³-hybridized carbons (Fsp3) is 0.321. The Hall–Kier alpha value is -3.75. The van der Waals surface area contributed by atoms with E-state index < -0.39 is 17.9 Å². The number of amides is 2. The first kappa shape index (κ1) is 24.0. The van der Waals surface area contributed by atoms with Gasteiger partial charge in [-0.3, -0.25) is 24.2 Å². The standard InChI is InChI=1S/C28H29N3O5/c29-27(34)24(10-11-25(32)33)31-23-9-8-20(21-2-1-3-22(26(21)23)28(31)35)16-18-4-6-19(7-5-18)17-30-12-14-36-15-13-30/h1-9,24H,10-17H2,(H2,29,34)(H,32,33). The number of anilines is 1. The van der Waals surface area contributed by atoms with Crippen LogP contribution in [0.1, 0.15) is 39.9 Å². The predicted octanol–water partition coefficient (Wildman–Crippen LogP) is 2.94. The van der Waals surface area contributed by atoms with Gasteiger partial charge in [0.15, 0.2) is 0 Å². The molecule has 1 fully saturated rings. The van der Waals surface area contributed by atoms with Crippen LogP contribution in [-0.2, 0) is 27.3 Å². The molecule has 0 aliphatic carbocycles. The second-order valence-corrected chi connectivity index (χ2v) is 9.38. The summed E-state index contributed by atoms with van der Waals surface area (Å²) in [6.07, 6.45) is 0.408. The van der Waals surface area contributed by atoms with Crippen LogP contribution in [0.5, 0.6) is 0 Å². The average Bonchev–Trinajstić information content (AvgIpc) is 3.15. The zero-order chi connectivity index (χ0) is 25.2. The van der Waals surface area contributed by atoms with Crippen LogP contribution < -0.4 is 10.6 Å². The highest BCUT2D eigenvalue weighted by Gasteiger charge is 2.37. The number of hydrogen-bond acceptors (Lipinski definition) is 5. The number of carboxylic acid groups (broad SMARTS) is 1. The van der Waals surface area contributed by atoms with Gasteiger partial charge in [-0.25, -0.2) is 0 Å². The van der Waals surface area contributed by atoms with Crippen molar-refractivity contribution in [1.29, 1.82) is 0 Å². The average molecular weight is 488 g/mol. The number of carboxylic acids is 1. The Morgan fingerprint density at radius 2 is 1.72 bits per heavy atom. The summed E-state index contributed by atoms with van der Waals surface area (Å²) in [5, 5.41) is 10.8. The van der Waals surface area contributed by atoms with Gasteiger partial charge in [-0.2, -0.15) is 0 Å². The maximum absolute atomic E-state index is 13.3. The third-order valence-corrected chi connectivity index (χ3v) is 7.02. The van der Waals surface area contributed by atoms with Crippen molar-refractivity contribution in [2.45, 2.75) is 31.8 Å². The number of aliphatic carboxylic acids is 1. The van der Waals surface area contributed by atoms with Crippen molar-refractivity contribution in [1.82, 2.24) is 4.90 Å². The fourth-order valence-corrected chi connectivity index (χ4v) is 5.19. The summed E-state index contributed by atoms with van der Waals surface area (Å²) < 4.78 is 5.43. The van der Waals surface area contributed by atoms with Crippen molar-refractivity contribution in [2.24, 2.45) is 5.73 Å². The number of benzene rings is 3. The minimum absolute atomic E-state index is 0.0373. The van der Waals surface area contributed by atoms with E-state index in [-0.39, 0.29) is 18.7 Å². The van der Waals surface area contributed by atoms with E-state index in [4.69, 9.17) is 15.6 Å². The zero-order valence-electron chi connectivity index (χ0n) is 20.0. The van der Waals surface area contributed by atoms with Crippen LogP contribution >= 0.6 is 0 Å². The van der Waals surface area contributed by atoms with Crippen molar-refractivity contribution >= 4 is 34.2 Å². The number of primary amides is 1. The SMILES string of the molecule is NC(=O)C(CCC(=O)O)N1C(=O)c2cccc3c(Cc4ccc(CN5CCOCC5)cc4)ccc1c23. The van der Waals surface area contributed by atoms with E-state index in [2.05, 4.69) is 29.2 Å². The molecule has 3 N–H and O–H groups in total. The number of nitrogens with zero attached hydrogens (tertiary/aromatic N) is 2. The Morgan fingerprint density at radius 3 is 2.42 bits per heavy atom. The lowest BCUT2D eigenvalue weighted by atomic mass is 9.95. The molecule has 0 aromatic heterocycles. The summed E-state index contributed by atoms with van der Waals surface area (Å²) in [7, 11) is 0. The molecule has 1 saturated heterocycles. The Labute approximate surface area is 209 Å². The molecule has 0 bridgehead atoms. The summed E-state index contributed by atoms with van der Waals surface area (Å²) in [6, 6.07) is 17.0. The highest BCUT2D eigenvalue weighted by Crippen LogP contribution is 2.41. The largest absolute Gasteiger partial charge is 0.481 e. The van der Waals surface area contributed by atoms with E-state index in [0.29, 0.717) is 17.7 Å². The molecule has 2 heterocycles. The maximum atomic E-state index is 13.3. The molecule has 36 heavy (non-hydrogen) atoms. The van der Waals surface area contributed by atoms with Crippen LogP contribution in [0.4, 0.5) is 5.69 Å². The van der Waals surface area contributed by atoms with Gasteiger partial charge in [0.2, 0.25) is 5.91 Å². The first-order valence-corrected chi connectivity index (χ1v) is 12.2. The third kappa shape index (κ3) is 4.69. The van der Waals surface area contributed by atoms with Gasteiger partial charge in [0.1, 0.15) is 6.04 Å². The van der Waals surface area contributed by atoms with Gasteiger partial charge in [-0.15, -0.1) is 0 Å². The quantitative estimate of drug-likeness (QED) is 0.480. The molecule has 0 saturated carbocycles. The van der Waals surface area contributed by atoms with Crippen molar-refractivity contribution in [2.75, 3.05) is 31.2 Å². The molecule has 2 aliphatic rings. The van der Waals surface area contributed by atoms with Gasteiger partial charge >= 0.3 is 5.97 Å². The first-order valence-electron chi connectivity index (χ1n) is 12.2. The lowest BCUT2D eigenvalue weighted by molar-refractivity contribution is -0.137. The summed E-state index contributed by atoms with van der Waals surface area (Å²) in [5.74, 6) is -2.08. The second kappa shape index (κ2) is 10.1. The Bertz CT molecular complexity index is 1310. The van der Waals surface area contributed by atoms with Crippen LogP contribution in [0, 0.1) is 0 Å².